The number of ether oxygens (including phenoxy) is 2. The van der Waals surface area contributed by atoms with Crippen LogP contribution in [-0.2, 0) is 16.0 Å². The number of carbonyl (C=O) groups excluding carboxylic acids is 2. The van der Waals surface area contributed by atoms with Crippen molar-refractivity contribution in [2.45, 2.75) is 13.5 Å². The molecule has 0 saturated carbocycles. The van der Waals surface area contributed by atoms with Gasteiger partial charge in [0.2, 0.25) is 0 Å². The second-order valence-corrected chi connectivity index (χ2v) is 7.82. The number of fused-ring (bicyclic) bond motifs is 1. The Bertz CT molecular complexity index is 1140. The van der Waals surface area contributed by atoms with Crippen molar-refractivity contribution in [3.63, 3.8) is 0 Å². The largest absolute Gasteiger partial charge is 0.462 e. The van der Waals surface area contributed by atoms with Gasteiger partial charge < -0.3 is 14.0 Å². The number of thiophene rings is 1. The molecule has 2 aromatic heterocycles. The number of nitro groups is 1. The van der Waals surface area contributed by atoms with Gasteiger partial charge in [-0.2, -0.15) is 4.99 Å². The molecule has 0 bridgehead atoms. The minimum Gasteiger partial charge on any atom is -0.462 e. The van der Waals surface area contributed by atoms with Gasteiger partial charge in [0, 0.05) is 19.7 Å². The fraction of sp³-hybridized carbons (Fsp3) is 0.278. The SMILES string of the molecule is CCOC(=O)c1ccc2c(c1)sc(=NC(=O)c1ccc([N+](=O)[O-])s1)n2CCOC. The molecule has 152 valence electrons. The van der Waals surface area contributed by atoms with Crippen molar-refractivity contribution in [1.82, 2.24) is 4.57 Å². The van der Waals surface area contributed by atoms with Gasteiger partial charge in [0.25, 0.3) is 5.91 Å². The summed E-state index contributed by atoms with van der Waals surface area (Å²) in [6, 6.07) is 7.79. The number of hydrogen-bond acceptors (Lipinski definition) is 8. The van der Waals surface area contributed by atoms with E-state index in [9.17, 15) is 19.7 Å². The number of methoxy groups -OCH3 is 1. The number of carbonyl (C=O) groups is 2. The molecule has 11 heteroatoms. The summed E-state index contributed by atoms with van der Waals surface area (Å²) in [7, 11) is 1.57. The second kappa shape index (κ2) is 9.07. The van der Waals surface area contributed by atoms with Gasteiger partial charge in [-0.1, -0.05) is 22.7 Å². The van der Waals surface area contributed by atoms with E-state index in [1.807, 2.05) is 4.57 Å². The third-order valence-corrected chi connectivity index (χ3v) is 5.96. The second-order valence-electron chi connectivity index (χ2n) is 5.74. The number of thiazole rings is 1. The van der Waals surface area contributed by atoms with Gasteiger partial charge in [0.1, 0.15) is 4.88 Å². The molecule has 3 rings (SSSR count). The molecule has 0 fully saturated rings. The van der Waals surface area contributed by atoms with E-state index in [4.69, 9.17) is 9.47 Å². The lowest BCUT2D eigenvalue weighted by molar-refractivity contribution is -0.380. The number of esters is 1. The van der Waals surface area contributed by atoms with Crippen LogP contribution in [0.2, 0.25) is 0 Å². The van der Waals surface area contributed by atoms with Crippen LogP contribution in [0.5, 0.6) is 0 Å². The molecule has 0 spiro atoms. The van der Waals surface area contributed by atoms with Gasteiger partial charge in [0.05, 0.1) is 33.9 Å². The molecule has 0 saturated heterocycles. The molecule has 1 amide bonds. The number of nitrogens with zero attached hydrogens (tertiary/aromatic N) is 3. The van der Waals surface area contributed by atoms with Crippen LogP contribution in [0.15, 0.2) is 35.3 Å². The fourth-order valence-electron chi connectivity index (χ4n) is 2.58. The molecule has 1 aromatic carbocycles. The summed E-state index contributed by atoms with van der Waals surface area (Å²) >= 11 is 2.02. The first-order chi connectivity index (χ1) is 13.9. The fourth-order valence-corrected chi connectivity index (χ4v) is 4.38. The Hall–Kier alpha value is -2.89. The molecule has 0 atom stereocenters. The lowest BCUT2D eigenvalue weighted by atomic mass is 10.2. The first-order valence-electron chi connectivity index (χ1n) is 8.57. The minimum absolute atomic E-state index is 0.119. The first kappa shape index (κ1) is 20.8. The van der Waals surface area contributed by atoms with Crippen molar-refractivity contribution >= 4 is 49.8 Å². The predicted octanol–water partition coefficient (Wildman–Crippen LogP) is 3.24. The van der Waals surface area contributed by atoms with Gasteiger partial charge in [0.15, 0.2) is 4.80 Å². The lowest BCUT2D eigenvalue weighted by Gasteiger charge is -2.05. The zero-order valence-electron chi connectivity index (χ0n) is 15.6. The van der Waals surface area contributed by atoms with E-state index in [-0.39, 0.29) is 16.5 Å². The standard InChI is InChI=1S/C18H17N3O6S2/c1-3-27-17(23)11-4-5-12-14(10-11)29-18(20(12)8-9-26-2)19-16(22)13-6-7-15(28-13)21(24)25/h4-7,10H,3,8-9H2,1-2H3. The number of benzene rings is 1. The van der Waals surface area contributed by atoms with E-state index in [0.717, 1.165) is 21.6 Å². The molecule has 3 aromatic rings. The van der Waals surface area contributed by atoms with Crippen LogP contribution >= 0.6 is 22.7 Å². The first-order valence-corrected chi connectivity index (χ1v) is 10.2. The maximum absolute atomic E-state index is 12.5. The highest BCUT2D eigenvalue weighted by Gasteiger charge is 2.16. The Morgan fingerprint density at radius 1 is 1.24 bits per heavy atom. The van der Waals surface area contributed by atoms with Crippen LogP contribution < -0.4 is 4.80 Å². The Balaban J connectivity index is 2.06. The van der Waals surface area contributed by atoms with Gasteiger partial charge in [-0.25, -0.2) is 4.79 Å². The third-order valence-electron chi connectivity index (χ3n) is 3.89. The average Bonchev–Trinajstić information content (AvgIpc) is 3.31. The van der Waals surface area contributed by atoms with Crippen molar-refractivity contribution in [3.8, 4) is 0 Å². The van der Waals surface area contributed by atoms with Gasteiger partial charge in [-0.05, 0) is 31.2 Å². The molecule has 0 N–H and O–H groups in total. The molecular formula is C18H17N3O6S2. The number of rotatable bonds is 7. The molecule has 0 aliphatic heterocycles. The minimum atomic E-state index is -0.563. The van der Waals surface area contributed by atoms with E-state index in [1.54, 1.807) is 32.2 Å². The normalized spacial score (nSPS) is 11.7. The van der Waals surface area contributed by atoms with Crippen LogP contribution in [0.4, 0.5) is 5.00 Å². The van der Waals surface area contributed by atoms with Crippen LogP contribution in [0.25, 0.3) is 10.2 Å². The molecule has 0 unspecified atom stereocenters. The van der Waals surface area contributed by atoms with E-state index in [0.29, 0.717) is 23.5 Å². The molecular weight excluding hydrogens is 418 g/mol. The van der Waals surface area contributed by atoms with Gasteiger partial charge >= 0.3 is 11.0 Å². The number of aromatic nitrogens is 1. The quantitative estimate of drug-likeness (QED) is 0.320. The number of amides is 1. The summed E-state index contributed by atoms with van der Waals surface area (Å²) < 4.78 is 12.8. The van der Waals surface area contributed by atoms with Crippen LogP contribution in [-0.4, -0.2) is 41.7 Å². The summed E-state index contributed by atoms with van der Waals surface area (Å²) in [6.07, 6.45) is 0. The van der Waals surface area contributed by atoms with Crippen LogP contribution in [0.1, 0.15) is 27.0 Å². The van der Waals surface area contributed by atoms with Crippen LogP contribution in [0, 0.1) is 10.1 Å². The monoisotopic (exact) mass is 435 g/mol. The van der Waals surface area contributed by atoms with E-state index < -0.39 is 16.8 Å². The van der Waals surface area contributed by atoms with Crippen molar-refractivity contribution in [1.29, 1.82) is 0 Å². The van der Waals surface area contributed by atoms with E-state index in [1.165, 1.54) is 23.5 Å². The topological polar surface area (TPSA) is 113 Å². The van der Waals surface area contributed by atoms with Crippen molar-refractivity contribution in [2.24, 2.45) is 4.99 Å². The van der Waals surface area contributed by atoms with Crippen molar-refractivity contribution in [3.05, 3.63) is 55.7 Å². The lowest BCUT2D eigenvalue weighted by Crippen LogP contribution is -2.19. The van der Waals surface area contributed by atoms with Crippen molar-refractivity contribution < 1.29 is 24.0 Å². The van der Waals surface area contributed by atoms with E-state index in [2.05, 4.69) is 4.99 Å². The van der Waals surface area contributed by atoms with Gasteiger partial charge in [-0.15, -0.1) is 0 Å². The Labute approximate surface area is 173 Å². The zero-order chi connectivity index (χ0) is 21.0. The van der Waals surface area contributed by atoms with Crippen LogP contribution in [0.3, 0.4) is 0 Å². The van der Waals surface area contributed by atoms with Gasteiger partial charge in [-0.3, -0.25) is 14.9 Å². The summed E-state index contributed by atoms with van der Waals surface area (Å²) in [6.45, 7) is 2.86. The van der Waals surface area contributed by atoms with Crippen molar-refractivity contribution in [2.75, 3.05) is 20.3 Å². The predicted molar refractivity (Wildman–Crippen MR) is 109 cm³/mol. The summed E-state index contributed by atoms with van der Waals surface area (Å²) in [4.78, 5) is 39.6. The number of hydrogen-bond donors (Lipinski definition) is 0. The molecule has 0 aliphatic rings. The summed E-state index contributed by atoms with van der Waals surface area (Å²) in [5.41, 5.74) is 1.20. The smallest absolute Gasteiger partial charge is 0.338 e. The highest BCUT2D eigenvalue weighted by molar-refractivity contribution is 7.17. The average molecular weight is 435 g/mol. The summed E-state index contributed by atoms with van der Waals surface area (Å²) in [5.74, 6) is -0.988. The Morgan fingerprint density at radius 3 is 2.69 bits per heavy atom. The highest BCUT2D eigenvalue weighted by Crippen LogP contribution is 2.25. The summed E-state index contributed by atoms with van der Waals surface area (Å²) in [5, 5.41) is 10.7. The molecule has 0 radical (unpaired) electrons. The molecule has 29 heavy (non-hydrogen) atoms. The Morgan fingerprint density at radius 2 is 2.03 bits per heavy atom. The highest BCUT2D eigenvalue weighted by atomic mass is 32.1. The molecule has 0 aliphatic carbocycles. The Kier molecular flexibility index (Phi) is 6.52. The molecule has 2 heterocycles. The van der Waals surface area contributed by atoms with E-state index >= 15 is 0 Å². The maximum atomic E-state index is 12.5. The maximum Gasteiger partial charge on any atom is 0.338 e. The zero-order valence-corrected chi connectivity index (χ0v) is 17.2. The molecule has 9 nitrogen and oxygen atoms in total. The third kappa shape index (κ3) is 4.58.